The van der Waals surface area contributed by atoms with E-state index in [1.165, 1.54) is 0 Å². The maximum Gasteiger partial charge on any atom is 0.0525 e. The second kappa shape index (κ2) is 6.49. The Morgan fingerprint density at radius 1 is 1.15 bits per heavy atom. The summed E-state index contributed by atoms with van der Waals surface area (Å²) in [6.07, 6.45) is 0. The zero-order chi connectivity index (χ0) is 14.7. The van der Waals surface area contributed by atoms with Crippen LogP contribution in [-0.2, 0) is 6.54 Å². The van der Waals surface area contributed by atoms with Crippen molar-refractivity contribution in [2.75, 3.05) is 11.9 Å². The molecule has 0 saturated carbocycles. The first-order chi connectivity index (χ1) is 9.54. The predicted molar refractivity (Wildman–Crippen MR) is 87.6 cm³/mol. The van der Waals surface area contributed by atoms with Gasteiger partial charge in [0.25, 0.3) is 0 Å². The van der Waals surface area contributed by atoms with Crippen LogP contribution in [0.4, 0.5) is 5.69 Å². The molecule has 106 valence electrons. The Labute approximate surface area is 130 Å². The average Bonchev–Trinajstić information content (AvgIpc) is 2.46. The van der Waals surface area contributed by atoms with E-state index in [0.29, 0.717) is 11.6 Å². The topological polar surface area (TPSA) is 29.3 Å². The largest absolute Gasteiger partial charge is 0.368 e. The lowest BCUT2D eigenvalue weighted by atomic mass is 10.0. The highest BCUT2D eigenvalue weighted by Gasteiger charge is 2.17. The minimum atomic E-state index is 0.148. The van der Waals surface area contributed by atoms with E-state index in [0.717, 1.165) is 21.8 Å². The molecule has 2 N–H and O–H groups in total. The van der Waals surface area contributed by atoms with Crippen molar-refractivity contribution < 1.29 is 0 Å². The predicted octanol–water partition coefficient (Wildman–Crippen LogP) is 4.65. The fraction of sp³-hybridized carbons (Fsp3) is 0.250. The van der Waals surface area contributed by atoms with Crippen LogP contribution in [0.3, 0.4) is 0 Å². The van der Waals surface area contributed by atoms with E-state index in [-0.39, 0.29) is 6.04 Å². The van der Waals surface area contributed by atoms with Crippen LogP contribution in [0.15, 0.2) is 42.5 Å². The summed E-state index contributed by atoms with van der Waals surface area (Å²) in [5.74, 6) is 0. The van der Waals surface area contributed by atoms with Crippen LogP contribution in [0.25, 0.3) is 0 Å². The Balaban J connectivity index is 2.36. The maximum atomic E-state index is 6.28. The van der Waals surface area contributed by atoms with Gasteiger partial charge in [-0.1, -0.05) is 41.4 Å². The van der Waals surface area contributed by atoms with Crippen LogP contribution in [0.1, 0.15) is 24.1 Å². The first kappa shape index (κ1) is 15.2. The molecule has 0 aliphatic rings. The second-order valence-electron chi connectivity index (χ2n) is 4.79. The van der Waals surface area contributed by atoms with Crippen molar-refractivity contribution in [3.8, 4) is 0 Å². The second-order valence-corrected chi connectivity index (χ2v) is 5.63. The first-order valence-electron chi connectivity index (χ1n) is 6.50. The van der Waals surface area contributed by atoms with Gasteiger partial charge in [-0.05, 0) is 42.3 Å². The molecule has 0 amide bonds. The summed E-state index contributed by atoms with van der Waals surface area (Å²) < 4.78 is 0. The number of nitrogens with two attached hydrogens (primary N) is 1. The molecule has 20 heavy (non-hydrogen) atoms. The van der Waals surface area contributed by atoms with Gasteiger partial charge in [-0.15, -0.1) is 0 Å². The van der Waals surface area contributed by atoms with Crippen molar-refractivity contribution in [2.24, 2.45) is 5.73 Å². The van der Waals surface area contributed by atoms with Crippen LogP contribution >= 0.6 is 23.2 Å². The lowest BCUT2D eigenvalue weighted by Gasteiger charge is -2.30. The molecule has 1 atom stereocenters. The number of nitrogens with zero attached hydrogens (tertiary/aromatic N) is 1. The SMILES string of the molecule is CC(c1ccccc1Cl)N(C)c1ccc(Cl)cc1CN. The molecule has 4 heteroatoms. The molecule has 0 bridgehead atoms. The molecule has 2 rings (SSSR count). The summed E-state index contributed by atoms with van der Waals surface area (Å²) >= 11 is 12.3. The van der Waals surface area contributed by atoms with Crippen LogP contribution < -0.4 is 10.6 Å². The lowest BCUT2D eigenvalue weighted by Crippen LogP contribution is -2.23. The van der Waals surface area contributed by atoms with Crippen molar-refractivity contribution in [3.05, 3.63) is 63.6 Å². The van der Waals surface area contributed by atoms with Gasteiger partial charge in [0.05, 0.1) is 6.04 Å². The summed E-state index contributed by atoms with van der Waals surface area (Å²) in [5, 5.41) is 1.48. The highest BCUT2D eigenvalue weighted by atomic mass is 35.5. The van der Waals surface area contributed by atoms with E-state index >= 15 is 0 Å². The van der Waals surface area contributed by atoms with Crippen molar-refractivity contribution >= 4 is 28.9 Å². The van der Waals surface area contributed by atoms with Crippen LogP contribution in [0, 0.1) is 0 Å². The minimum absolute atomic E-state index is 0.148. The first-order valence-corrected chi connectivity index (χ1v) is 7.26. The number of benzene rings is 2. The monoisotopic (exact) mass is 308 g/mol. The fourth-order valence-electron chi connectivity index (χ4n) is 2.29. The van der Waals surface area contributed by atoms with Gasteiger partial charge in [0, 0.05) is 29.3 Å². The van der Waals surface area contributed by atoms with Gasteiger partial charge in [0.1, 0.15) is 0 Å². The van der Waals surface area contributed by atoms with Crippen LogP contribution in [0.2, 0.25) is 10.0 Å². The third kappa shape index (κ3) is 3.09. The van der Waals surface area contributed by atoms with E-state index in [9.17, 15) is 0 Å². The molecule has 1 unspecified atom stereocenters. The maximum absolute atomic E-state index is 6.28. The fourth-order valence-corrected chi connectivity index (χ4v) is 2.78. The third-order valence-corrected chi connectivity index (χ3v) is 4.16. The van der Waals surface area contributed by atoms with Gasteiger partial charge < -0.3 is 10.6 Å². The average molecular weight is 309 g/mol. The van der Waals surface area contributed by atoms with E-state index in [1.807, 2.05) is 49.5 Å². The molecule has 0 aromatic heterocycles. The minimum Gasteiger partial charge on any atom is -0.368 e. The van der Waals surface area contributed by atoms with E-state index in [4.69, 9.17) is 28.9 Å². The van der Waals surface area contributed by atoms with Crippen LogP contribution in [-0.4, -0.2) is 7.05 Å². The summed E-state index contributed by atoms with van der Waals surface area (Å²) in [4.78, 5) is 2.17. The molecule has 0 heterocycles. The number of hydrogen-bond donors (Lipinski definition) is 1. The molecule has 0 aliphatic heterocycles. The standard InChI is InChI=1S/C16H18Cl2N2/c1-11(14-5-3-4-6-15(14)18)20(2)16-8-7-13(17)9-12(16)10-19/h3-9,11H,10,19H2,1-2H3. The molecular formula is C16H18Cl2N2. The molecule has 2 aromatic rings. The normalized spacial score (nSPS) is 12.2. The Hall–Kier alpha value is -1.22. The summed E-state index contributed by atoms with van der Waals surface area (Å²) in [6, 6.07) is 13.8. The van der Waals surface area contributed by atoms with Crippen LogP contribution in [0.5, 0.6) is 0 Å². The molecule has 0 fully saturated rings. The van der Waals surface area contributed by atoms with E-state index < -0.39 is 0 Å². The Morgan fingerprint density at radius 3 is 2.50 bits per heavy atom. The molecule has 0 aliphatic carbocycles. The van der Waals surface area contributed by atoms with E-state index in [1.54, 1.807) is 0 Å². The molecule has 0 radical (unpaired) electrons. The number of halogens is 2. The summed E-state index contributed by atoms with van der Waals surface area (Å²) in [6.45, 7) is 2.57. The smallest absolute Gasteiger partial charge is 0.0525 e. The van der Waals surface area contributed by atoms with Crippen molar-refractivity contribution in [1.29, 1.82) is 0 Å². The molecule has 2 aromatic carbocycles. The molecule has 0 spiro atoms. The van der Waals surface area contributed by atoms with Gasteiger partial charge in [0.15, 0.2) is 0 Å². The quantitative estimate of drug-likeness (QED) is 0.891. The van der Waals surface area contributed by atoms with Crippen molar-refractivity contribution in [2.45, 2.75) is 19.5 Å². The van der Waals surface area contributed by atoms with Gasteiger partial charge >= 0.3 is 0 Å². The van der Waals surface area contributed by atoms with Gasteiger partial charge in [0.2, 0.25) is 0 Å². The van der Waals surface area contributed by atoms with Crippen molar-refractivity contribution in [3.63, 3.8) is 0 Å². The number of rotatable bonds is 4. The van der Waals surface area contributed by atoms with E-state index in [2.05, 4.69) is 11.8 Å². The number of anilines is 1. The highest BCUT2D eigenvalue weighted by molar-refractivity contribution is 6.31. The van der Waals surface area contributed by atoms with Gasteiger partial charge in [-0.2, -0.15) is 0 Å². The number of hydrogen-bond acceptors (Lipinski definition) is 2. The molecule has 2 nitrogen and oxygen atoms in total. The van der Waals surface area contributed by atoms with Crippen molar-refractivity contribution in [1.82, 2.24) is 0 Å². The Bertz CT molecular complexity index is 599. The molecular weight excluding hydrogens is 291 g/mol. The summed E-state index contributed by atoms with van der Waals surface area (Å²) in [5.41, 5.74) is 9.01. The highest BCUT2D eigenvalue weighted by Crippen LogP contribution is 2.32. The molecule has 0 saturated heterocycles. The summed E-state index contributed by atoms with van der Waals surface area (Å²) in [7, 11) is 2.04. The lowest BCUT2D eigenvalue weighted by molar-refractivity contribution is 0.735. The van der Waals surface area contributed by atoms with Gasteiger partial charge in [-0.25, -0.2) is 0 Å². The third-order valence-electron chi connectivity index (χ3n) is 3.58. The van der Waals surface area contributed by atoms with Gasteiger partial charge in [-0.3, -0.25) is 0 Å². The Morgan fingerprint density at radius 2 is 1.85 bits per heavy atom. The zero-order valence-corrected chi connectivity index (χ0v) is 13.1. The Kier molecular flexibility index (Phi) is 4.92. The zero-order valence-electron chi connectivity index (χ0n) is 11.6.